The molecule has 0 atom stereocenters. The lowest BCUT2D eigenvalue weighted by molar-refractivity contribution is -0.111. The van der Waals surface area contributed by atoms with Crippen LogP contribution in [-0.4, -0.2) is 20.6 Å². The van der Waals surface area contributed by atoms with E-state index in [4.69, 9.17) is 0 Å². The summed E-state index contributed by atoms with van der Waals surface area (Å²) < 4.78 is 22.9. The molecule has 1 N–H and O–H groups in total. The normalized spacial score (nSPS) is 11.7. The maximum atomic E-state index is 11.7. The number of nitrogens with one attached hydrogen (secondary N) is 1. The molecule has 0 aliphatic heterocycles. The Morgan fingerprint density at radius 1 is 1.25 bits per heavy atom. The Hall–Kier alpha value is -1.92. The van der Waals surface area contributed by atoms with Crippen molar-refractivity contribution >= 4 is 38.8 Å². The lowest BCUT2D eigenvalue weighted by Crippen LogP contribution is -2.08. The number of carbonyl (C=O) groups is 1. The molecule has 1 aromatic heterocycles. The van der Waals surface area contributed by atoms with Crippen molar-refractivity contribution in [3.05, 3.63) is 52.7 Å². The highest BCUT2D eigenvalue weighted by Gasteiger charge is 2.07. The van der Waals surface area contributed by atoms with Crippen molar-refractivity contribution in [3.8, 4) is 0 Å². The first-order chi connectivity index (χ1) is 9.45. The van der Waals surface area contributed by atoms with Crippen LogP contribution in [-0.2, 0) is 14.6 Å². The Morgan fingerprint density at radius 2 is 2.05 bits per heavy atom. The third-order valence-electron chi connectivity index (χ3n) is 2.47. The highest BCUT2D eigenvalue weighted by atomic mass is 32.2. The van der Waals surface area contributed by atoms with Gasteiger partial charge in [-0.2, -0.15) is 0 Å². The summed E-state index contributed by atoms with van der Waals surface area (Å²) in [5, 5.41) is 4.56. The zero-order chi connectivity index (χ0) is 14.6. The molecule has 2 aromatic rings. The molecule has 1 aromatic carbocycles. The number of amides is 1. The van der Waals surface area contributed by atoms with E-state index in [0.717, 1.165) is 11.1 Å². The molecule has 0 radical (unpaired) electrons. The number of benzene rings is 1. The molecule has 0 unspecified atom stereocenters. The Bertz CT molecular complexity index is 732. The minimum atomic E-state index is -3.28. The predicted octanol–water partition coefficient (Wildman–Crippen LogP) is 2.80. The van der Waals surface area contributed by atoms with Crippen molar-refractivity contribution in [1.82, 2.24) is 0 Å². The van der Waals surface area contributed by atoms with E-state index < -0.39 is 9.84 Å². The van der Waals surface area contributed by atoms with E-state index in [2.05, 4.69) is 5.32 Å². The van der Waals surface area contributed by atoms with Gasteiger partial charge < -0.3 is 5.32 Å². The maximum absolute atomic E-state index is 11.7. The van der Waals surface area contributed by atoms with Crippen LogP contribution in [0.1, 0.15) is 4.88 Å². The molecule has 0 saturated heterocycles. The van der Waals surface area contributed by atoms with Crippen molar-refractivity contribution in [2.75, 3.05) is 11.6 Å². The predicted molar refractivity (Wildman–Crippen MR) is 81.5 cm³/mol. The van der Waals surface area contributed by atoms with E-state index in [0.29, 0.717) is 5.69 Å². The smallest absolute Gasteiger partial charge is 0.248 e. The van der Waals surface area contributed by atoms with Gasteiger partial charge in [-0.25, -0.2) is 8.42 Å². The molecule has 6 heteroatoms. The van der Waals surface area contributed by atoms with Crippen LogP contribution in [0.15, 0.2) is 52.7 Å². The van der Waals surface area contributed by atoms with Crippen LogP contribution >= 0.6 is 11.3 Å². The van der Waals surface area contributed by atoms with Crippen LogP contribution in [0.3, 0.4) is 0 Å². The van der Waals surface area contributed by atoms with E-state index in [9.17, 15) is 13.2 Å². The summed E-state index contributed by atoms with van der Waals surface area (Å²) >= 11 is 1.53. The monoisotopic (exact) mass is 307 g/mol. The molecule has 0 saturated carbocycles. The second-order valence-electron chi connectivity index (χ2n) is 4.14. The number of hydrogen-bond donors (Lipinski definition) is 1. The number of sulfone groups is 1. The van der Waals surface area contributed by atoms with Crippen molar-refractivity contribution in [1.29, 1.82) is 0 Å². The van der Waals surface area contributed by atoms with Crippen molar-refractivity contribution in [2.24, 2.45) is 0 Å². The Balaban J connectivity index is 2.08. The van der Waals surface area contributed by atoms with E-state index >= 15 is 0 Å². The summed E-state index contributed by atoms with van der Waals surface area (Å²) in [4.78, 5) is 12.9. The quantitative estimate of drug-likeness (QED) is 0.883. The van der Waals surface area contributed by atoms with Gasteiger partial charge in [-0.15, -0.1) is 11.3 Å². The number of anilines is 1. The van der Waals surface area contributed by atoms with E-state index in [1.807, 2.05) is 17.5 Å². The average Bonchev–Trinajstić information content (AvgIpc) is 2.89. The lowest BCUT2D eigenvalue weighted by atomic mass is 10.3. The third kappa shape index (κ3) is 4.04. The average molecular weight is 307 g/mol. The SMILES string of the molecule is CS(=O)(=O)c1cccc(NC(=O)C=Cc2cccs2)c1. The van der Waals surface area contributed by atoms with Gasteiger partial charge in [0.15, 0.2) is 9.84 Å². The first-order valence-electron chi connectivity index (χ1n) is 5.78. The molecule has 1 amide bonds. The Labute approximate surface area is 121 Å². The Morgan fingerprint density at radius 3 is 2.70 bits per heavy atom. The minimum absolute atomic E-state index is 0.178. The van der Waals surface area contributed by atoms with Crippen LogP contribution in [0, 0.1) is 0 Å². The molecule has 4 nitrogen and oxygen atoms in total. The van der Waals surface area contributed by atoms with Crippen LogP contribution in [0.5, 0.6) is 0 Å². The first-order valence-corrected chi connectivity index (χ1v) is 8.55. The van der Waals surface area contributed by atoms with Gasteiger partial charge in [-0.1, -0.05) is 12.1 Å². The summed E-state index contributed by atoms with van der Waals surface area (Å²) in [5.74, 6) is -0.302. The number of hydrogen-bond acceptors (Lipinski definition) is 4. The van der Waals surface area contributed by atoms with Gasteiger partial charge in [0.25, 0.3) is 0 Å². The molecule has 0 spiro atoms. The van der Waals surface area contributed by atoms with Gasteiger partial charge in [0.1, 0.15) is 0 Å². The van der Waals surface area contributed by atoms with Crippen LogP contribution < -0.4 is 5.32 Å². The first kappa shape index (κ1) is 14.5. The molecule has 104 valence electrons. The van der Waals surface area contributed by atoms with Crippen molar-refractivity contribution in [3.63, 3.8) is 0 Å². The molecular formula is C14H13NO3S2. The molecule has 0 bridgehead atoms. The van der Waals surface area contributed by atoms with Gasteiger partial charge >= 0.3 is 0 Å². The minimum Gasteiger partial charge on any atom is -0.322 e. The number of carbonyl (C=O) groups excluding carboxylic acids is 1. The topological polar surface area (TPSA) is 63.2 Å². The van der Waals surface area contributed by atoms with Crippen LogP contribution in [0.4, 0.5) is 5.69 Å². The standard InChI is InChI=1S/C14H13NO3S2/c1-20(17,18)13-6-2-4-11(10-13)15-14(16)8-7-12-5-3-9-19-12/h2-10H,1H3,(H,15,16). The fraction of sp³-hybridized carbons (Fsp3) is 0.0714. The second-order valence-corrected chi connectivity index (χ2v) is 7.13. The highest BCUT2D eigenvalue weighted by Crippen LogP contribution is 2.15. The summed E-state index contributed by atoms with van der Waals surface area (Å²) in [7, 11) is -3.28. The fourth-order valence-corrected chi connectivity index (χ4v) is 2.82. The second kappa shape index (κ2) is 6.02. The zero-order valence-electron chi connectivity index (χ0n) is 10.7. The molecule has 0 aliphatic carbocycles. The van der Waals surface area contributed by atoms with Crippen molar-refractivity contribution in [2.45, 2.75) is 4.90 Å². The van der Waals surface area contributed by atoms with Gasteiger partial charge in [-0.05, 0) is 35.7 Å². The third-order valence-corrected chi connectivity index (χ3v) is 4.42. The van der Waals surface area contributed by atoms with Gasteiger partial charge in [0.2, 0.25) is 5.91 Å². The van der Waals surface area contributed by atoms with Crippen molar-refractivity contribution < 1.29 is 13.2 Å². The van der Waals surface area contributed by atoms with Gasteiger partial charge in [-0.3, -0.25) is 4.79 Å². The van der Waals surface area contributed by atoms with Crippen LogP contribution in [0.2, 0.25) is 0 Å². The summed E-state index contributed by atoms with van der Waals surface area (Å²) in [6.45, 7) is 0. The maximum Gasteiger partial charge on any atom is 0.248 e. The highest BCUT2D eigenvalue weighted by molar-refractivity contribution is 7.90. The lowest BCUT2D eigenvalue weighted by Gasteiger charge is -2.04. The van der Waals surface area contributed by atoms with E-state index in [-0.39, 0.29) is 10.8 Å². The van der Waals surface area contributed by atoms with Gasteiger partial charge in [0, 0.05) is 22.9 Å². The molecule has 0 aliphatic rings. The van der Waals surface area contributed by atoms with Crippen LogP contribution in [0.25, 0.3) is 6.08 Å². The summed E-state index contributed by atoms with van der Waals surface area (Å²) in [6.07, 6.45) is 4.25. The molecule has 0 fully saturated rings. The van der Waals surface area contributed by atoms with E-state index in [1.54, 1.807) is 18.2 Å². The molecule has 2 rings (SSSR count). The number of rotatable bonds is 4. The molecule has 20 heavy (non-hydrogen) atoms. The Kier molecular flexibility index (Phi) is 4.36. The van der Waals surface area contributed by atoms with Gasteiger partial charge in [0.05, 0.1) is 4.90 Å². The summed E-state index contributed by atoms with van der Waals surface area (Å²) in [5.41, 5.74) is 0.453. The molecular weight excluding hydrogens is 294 g/mol. The zero-order valence-corrected chi connectivity index (χ0v) is 12.4. The molecule has 1 heterocycles. The summed E-state index contributed by atoms with van der Waals surface area (Å²) in [6, 6.07) is 9.97. The fourth-order valence-electron chi connectivity index (χ4n) is 1.53. The number of thiophene rings is 1. The van der Waals surface area contributed by atoms with E-state index in [1.165, 1.54) is 29.5 Å². The largest absolute Gasteiger partial charge is 0.322 e.